The second kappa shape index (κ2) is 6.36. The molecule has 1 saturated heterocycles. The van der Waals surface area contributed by atoms with Crippen LogP contribution in [-0.4, -0.2) is 35.7 Å². The second-order valence-corrected chi connectivity index (χ2v) is 6.07. The normalized spacial score (nSPS) is 22.9. The van der Waals surface area contributed by atoms with Crippen LogP contribution in [0.5, 0.6) is 0 Å². The zero-order valence-corrected chi connectivity index (χ0v) is 11.7. The van der Waals surface area contributed by atoms with Gasteiger partial charge in [-0.15, -0.1) is 11.3 Å². The highest BCUT2D eigenvalue weighted by atomic mass is 35.5. The van der Waals surface area contributed by atoms with Gasteiger partial charge in [0.05, 0.1) is 21.7 Å². The highest BCUT2D eigenvalue weighted by molar-refractivity contribution is 7.17. The van der Waals surface area contributed by atoms with Crippen LogP contribution in [0, 0.1) is 0 Å². The molecule has 1 aromatic heterocycles. The van der Waals surface area contributed by atoms with Gasteiger partial charge in [-0.2, -0.15) is 0 Å². The van der Waals surface area contributed by atoms with Gasteiger partial charge in [-0.3, -0.25) is 9.59 Å². The summed E-state index contributed by atoms with van der Waals surface area (Å²) in [4.78, 5) is 23.4. The standard InChI is InChI=1S/C12H14ClNO4S/c13-10-2-1-9(19-10)12(17)14-4-3-8-5-7(15)6-11(16)18-8/h1-2,7-8,15H,3-6H2,(H,14,17)/t7-,8+/m1/s1. The van der Waals surface area contributed by atoms with Crippen molar-refractivity contribution in [2.24, 2.45) is 0 Å². The van der Waals surface area contributed by atoms with Crippen molar-refractivity contribution in [3.05, 3.63) is 21.3 Å². The average molecular weight is 304 g/mol. The van der Waals surface area contributed by atoms with Crippen LogP contribution >= 0.6 is 22.9 Å². The number of aliphatic hydroxyl groups excluding tert-OH is 1. The van der Waals surface area contributed by atoms with Gasteiger partial charge in [0.1, 0.15) is 6.10 Å². The molecule has 0 radical (unpaired) electrons. The van der Waals surface area contributed by atoms with Crippen molar-refractivity contribution in [2.45, 2.75) is 31.5 Å². The van der Waals surface area contributed by atoms with Gasteiger partial charge in [0, 0.05) is 19.4 Å². The predicted molar refractivity (Wildman–Crippen MR) is 71.4 cm³/mol. The quantitative estimate of drug-likeness (QED) is 0.828. The molecule has 0 aliphatic carbocycles. The zero-order valence-electron chi connectivity index (χ0n) is 10.1. The molecule has 2 rings (SSSR count). The Morgan fingerprint density at radius 1 is 1.58 bits per heavy atom. The van der Waals surface area contributed by atoms with E-state index < -0.39 is 6.10 Å². The third kappa shape index (κ3) is 4.19. The van der Waals surface area contributed by atoms with E-state index in [1.807, 2.05) is 0 Å². The number of carbonyl (C=O) groups is 2. The van der Waals surface area contributed by atoms with Gasteiger partial charge in [0.2, 0.25) is 0 Å². The number of esters is 1. The Kier molecular flexibility index (Phi) is 4.79. The van der Waals surface area contributed by atoms with Crippen molar-refractivity contribution in [1.82, 2.24) is 5.32 Å². The summed E-state index contributed by atoms with van der Waals surface area (Å²) < 4.78 is 5.64. The zero-order chi connectivity index (χ0) is 13.8. The summed E-state index contributed by atoms with van der Waals surface area (Å²) in [5.74, 6) is -0.584. The van der Waals surface area contributed by atoms with Gasteiger partial charge < -0.3 is 15.2 Å². The Hall–Kier alpha value is -1.11. The lowest BCUT2D eigenvalue weighted by atomic mass is 10.0. The summed E-state index contributed by atoms with van der Waals surface area (Å²) in [5.41, 5.74) is 0. The molecule has 1 aromatic rings. The Bertz CT molecular complexity index is 476. The fraction of sp³-hybridized carbons (Fsp3) is 0.500. The molecule has 0 saturated carbocycles. The molecule has 7 heteroatoms. The first-order valence-electron chi connectivity index (χ1n) is 5.95. The maximum Gasteiger partial charge on any atom is 0.308 e. The molecule has 0 aromatic carbocycles. The number of halogens is 1. The van der Waals surface area contributed by atoms with Gasteiger partial charge in [-0.25, -0.2) is 0 Å². The Balaban J connectivity index is 1.74. The monoisotopic (exact) mass is 303 g/mol. The lowest BCUT2D eigenvalue weighted by Gasteiger charge is -2.25. The lowest BCUT2D eigenvalue weighted by molar-refractivity contribution is -0.160. The number of ether oxygens (including phenoxy) is 1. The summed E-state index contributed by atoms with van der Waals surface area (Å²) in [5, 5.41) is 12.2. The molecule has 1 aliphatic rings. The number of rotatable bonds is 4. The van der Waals surface area contributed by atoms with Crippen molar-refractivity contribution >= 4 is 34.8 Å². The molecular weight excluding hydrogens is 290 g/mol. The molecule has 5 nitrogen and oxygen atoms in total. The molecule has 2 N–H and O–H groups in total. The number of amides is 1. The second-order valence-electron chi connectivity index (χ2n) is 4.35. The van der Waals surface area contributed by atoms with Crippen LogP contribution in [0.3, 0.4) is 0 Å². The maximum atomic E-state index is 11.7. The van der Waals surface area contributed by atoms with Crippen molar-refractivity contribution in [3.63, 3.8) is 0 Å². The smallest absolute Gasteiger partial charge is 0.308 e. The topological polar surface area (TPSA) is 75.6 Å². The fourth-order valence-electron chi connectivity index (χ4n) is 1.91. The molecule has 104 valence electrons. The Morgan fingerprint density at radius 2 is 2.37 bits per heavy atom. The third-order valence-electron chi connectivity index (χ3n) is 2.78. The number of hydrogen-bond donors (Lipinski definition) is 2. The Morgan fingerprint density at radius 3 is 3.00 bits per heavy atom. The van der Waals surface area contributed by atoms with Crippen LogP contribution < -0.4 is 5.32 Å². The molecule has 1 amide bonds. The minimum absolute atomic E-state index is 0.0521. The van der Waals surface area contributed by atoms with E-state index in [0.717, 1.165) is 0 Å². The van der Waals surface area contributed by atoms with E-state index >= 15 is 0 Å². The van der Waals surface area contributed by atoms with Crippen molar-refractivity contribution in [2.75, 3.05) is 6.54 Å². The predicted octanol–water partition coefficient (Wildman–Crippen LogP) is 1.59. The first-order chi connectivity index (χ1) is 9.04. The van der Waals surface area contributed by atoms with E-state index in [1.54, 1.807) is 12.1 Å². The third-order valence-corrected chi connectivity index (χ3v) is 4.01. The van der Waals surface area contributed by atoms with Gasteiger partial charge in [-0.05, 0) is 12.1 Å². The molecular formula is C12H14ClNO4S. The molecule has 0 unspecified atom stereocenters. The highest BCUT2D eigenvalue weighted by Crippen LogP contribution is 2.21. The molecule has 19 heavy (non-hydrogen) atoms. The summed E-state index contributed by atoms with van der Waals surface area (Å²) in [6, 6.07) is 3.33. The summed E-state index contributed by atoms with van der Waals surface area (Å²) >= 11 is 6.96. The van der Waals surface area contributed by atoms with Gasteiger partial charge in [0.25, 0.3) is 5.91 Å². The van der Waals surface area contributed by atoms with E-state index in [0.29, 0.717) is 28.6 Å². The van der Waals surface area contributed by atoms with Crippen molar-refractivity contribution < 1.29 is 19.4 Å². The van der Waals surface area contributed by atoms with Crippen molar-refractivity contribution in [3.8, 4) is 0 Å². The van der Waals surface area contributed by atoms with Gasteiger partial charge >= 0.3 is 5.97 Å². The highest BCUT2D eigenvalue weighted by Gasteiger charge is 2.26. The number of aliphatic hydroxyl groups is 1. The van der Waals surface area contributed by atoms with Gasteiger partial charge in [0.15, 0.2) is 0 Å². The SMILES string of the molecule is O=C1C[C@H](O)C[C@H](CCNC(=O)c2ccc(Cl)s2)O1. The minimum Gasteiger partial charge on any atom is -0.462 e. The molecule has 0 spiro atoms. The molecule has 0 bridgehead atoms. The maximum absolute atomic E-state index is 11.7. The number of hydrogen-bond acceptors (Lipinski definition) is 5. The van der Waals surface area contributed by atoms with Crippen LogP contribution in [0.25, 0.3) is 0 Å². The first kappa shape index (κ1) is 14.3. The van der Waals surface area contributed by atoms with Crippen LogP contribution in [0.15, 0.2) is 12.1 Å². The van der Waals surface area contributed by atoms with Crippen LogP contribution in [-0.2, 0) is 9.53 Å². The fourth-order valence-corrected chi connectivity index (χ4v) is 2.87. The largest absolute Gasteiger partial charge is 0.462 e. The number of carbonyl (C=O) groups excluding carboxylic acids is 2. The molecule has 2 heterocycles. The summed E-state index contributed by atoms with van der Waals surface area (Å²) in [6.07, 6.45) is -0.00192. The summed E-state index contributed by atoms with van der Waals surface area (Å²) in [6.45, 7) is 0.388. The van der Waals surface area contributed by atoms with Crippen LogP contribution in [0.4, 0.5) is 0 Å². The molecule has 2 atom stereocenters. The van der Waals surface area contributed by atoms with Crippen LogP contribution in [0.1, 0.15) is 28.9 Å². The number of cyclic esters (lactones) is 1. The molecule has 1 aliphatic heterocycles. The average Bonchev–Trinajstić information content (AvgIpc) is 2.74. The first-order valence-corrected chi connectivity index (χ1v) is 7.15. The van der Waals surface area contributed by atoms with E-state index in [4.69, 9.17) is 16.3 Å². The Labute approximate surface area is 119 Å². The van der Waals surface area contributed by atoms with E-state index in [2.05, 4.69) is 5.32 Å². The number of thiophene rings is 1. The van der Waals surface area contributed by atoms with Crippen molar-refractivity contribution in [1.29, 1.82) is 0 Å². The van der Waals surface area contributed by atoms with E-state index in [9.17, 15) is 14.7 Å². The summed E-state index contributed by atoms with van der Waals surface area (Å²) in [7, 11) is 0. The van der Waals surface area contributed by atoms with E-state index in [1.165, 1.54) is 11.3 Å². The van der Waals surface area contributed by atoms with E-state index in [-0.39, 0.29) is 24.4 Å². The molecule has 1 fully saturated rings. The minimum atomic E-state index is -0.641. The number of nitrogens with one attached hydrogen (secondary N) is 1. The lowest BCUT2D eigenvalue weighted by Crippen LogP contribution is -2.35. The van der Waals surface area contributed by atoms with Gasteiger partial charge in [-0.1, -0.05) is 11.6 Å². The van der Waals surface area contributed by atoms with Crippen LogP contribution in [0.2, 0.25) is 4.34 Å².